The van der Waals surface area contributed by atoms with E-state index in [1.807, 2.05) is 30.3 Å². The van der Waals surface area contributed by atoms with Crippen molar-refractivity contribution in [1.82, 2.24) is 0 Å². The van der Waals surface area contributed by atoms with E-state index in [0.29, 0.717) is 17.2 Å². The molecule has 1 aliphatic heterocycles. The molecule has 0 fully saturated rings. The lowest BCUT2D eigenvalue weighted by Gasteiger charge is -2.21. The number of fused-ring (bicyclic) bond motifs is 1. The third-order valence-corrected chi connectivity index (χ3v) is 5.89. The van der Waals surface area contributed by atoms with E-state index in [-0.39, 0.29) is 11.7 Å². The molecule has 0 aliphatic carbocycles. The number of phenolic OH excluding ortho intramolecular Hbond substituents is 1. The van der Waals surface area contributed by atoms with Crippen LogP contribution in [0.4, 0.5) is 5.69 Å². The number of aliphatic imine (C=N–C) groups is 1. The van der Waals surface area contributed by atoms with Crippen molar-refractivity contribution in [1.29, 1.82) is 0 Å². The Morgan fingerprint density at radius 2 is 1.70 bits per heavy atom. The standard InChI is InChI=1S/C25H23ClN2O2/c1-15-5-4-6-16(2)20(15)14-22-25(30)28(3)23-12-9-18(26)13-21(23)24(27-22)17-7-10-19(29)11-8-17/h4-13,22,29H,14H2,1-3H3/t22-/m1/s1. The smallest absolute Gasteiger partial charge is 0.251 e. The Balaban J connectivity index is 1.89. The minimum Gasteiger partial charge on any atom is -0.508 e. The molecule has 0 saturated carbocycles. The van der Waals surface area contributed by atoms with Crippen LogP contribution in [0.1, 0.15) is 27.8 Å². The number of phenols is 1. The number of nitrogens with zero attached hydrogens (tertiary/aromatic N) is 2. The number of hydrogen-bond acceptors (Lipinski definition) is 3. The normalized spacial score (nSPS) is 16.1. The Kier molecular flexibility index (Phi) is 5.35. The highest BCUT2D eigenvalue weighted by Crippen LogP contribution is 2.31. The number of aryl methyl sites for hydroxylation is 2. The Morgan fingerprint density at radius 1 is 1.03 bits per heavy atom. The van der Waals surface area contributed by atoms with E-state index in [1.54, 1.807) is 30.1 Å². The number of rotatable bonds is 3. The van der Waals surface area contributed by atoms with Gasteiger partial charge in [0.05, 0.1) is 11.4 Å². The van der Waals surface area contributed by atoms with E-state index in [1.165, 1.54) is 0 Å². The Bertz CT molecular complexity index is 1130. The highest BCUT2D eigenvalue weighted by molar-refractivity contribution is 6.32. The zero-order valence-electron chi connectivity index (χ0n) is 17.2. The van der Waals surface area contributed by atoms with E-state index in [4.69, 9.17) is 16.6 Å². The van der Waals surface area contributed by atoms with Crippen LogP contribution in [-0.4, -0.2) is 29.8 Å². The van der Waals surface area contributed by atoms with Crippen LogP contribution in [0.15, 0.2) is 65.7 Å². The molecule has 4 nitrogen and oxygen atoms in total. The van der Waals surface area contributed by atoms with Crippen LogP contribution in [0.3, 0.4) is 0 Å². The van der Waals surface area contributed by atoms with Crippen LogP contribution in [0.5, 0.6) is 5.75 Å². The van der Waals surface area contributed by atoms with Gasteiger partial charge in [-0.2, -0.15) is 0 Å². The summed E-state index contributed by atoms with van der Waals surface area (Å²) in [5, 5.41) is 10.3. The fourth-order valence-corrected chi connectivity index (χ4v) is 4.13. The largest absolute Gasteiger partial charge is 0.508 e. The quantitative estimate of drug-likeness (QED) is 0.644. The maximum absolute atomic E-state index is 13.4. The van der Waals surface area contributed by atoms with Gasteiger partial charge in [-0.05, 0) is 73.0 Å². The van der Waals surface area contributed by atoms with Crippen LogP contribution in [0.25, 0.3) is 0 Å². The third-order valence-electron chi connectivity index (χ3n) is 5.66. The SMILES string of the molecule is Cc1cccc(C)c1C[C@H]1N=C(c2ccc(O)cc2)c2cc(Cl)ccc2N(C)C1=O. The summed E-state index contributed by atoms with van der Waals surface area (Å²) in [6.07, 6.45) is 0.519. The Morgan fingerprint density at radius 3 is 2.37 bits per heavy atom. The number of likely N-dealkylation sites (N-methyl/N-ethyl adjacent to an activating group) is 1. The first kappa shape index (κ1) is 20.2. The lowest BCUT2D eigenvalue weighted by Crippen LogP contribution is -2.36. The molecule has 30 heavy (non-hydrogen) atoms. The molecule has 3 aromatic carbocycles. The van der Waals surface area contributed by atoms with Crippen LogP contribution in [-0.2, 0) is 11.2 Å². The summed E-state index contributed by atoms with van der Waals surface area (Å²) < 4.78 is 0. The Labute approximate surface area is 181 Å². The van der Waals surface area contributed by atoms with Crippen molar-refractivity contribution in [3.8, 4) is 5.75 Å². The monoisotopic (exact) mass is 418 g/mol. The zero-order valence-corrected chi connectivity index (χ0v) is 17.9. The summed E-state index contributed by atoms with van der Waals surface area (Å²) in [6, 6.07) is 17.9. The van der Waals surface area contributed by atoms with Gasteiger partial charge in [-0.1, -0.05) is 29.8 Å². The number of halogens is 1. The molecular formula is C25H23ClN2O2. The summed E-state index contributed by atoms with van der Waals surface area (Å²) in [4.78, 5) is 20.0. The number of amides is 1. The summed E-state index contributed by atoms with van der Waals surface area (Å²) in [5.74, 6) is 0.120. The number of aromatic hydroxyl groups is 1. The molecule has 1 heterocycles. The molecule has 1 atom stereocenters. The van der Waals surface area contributed by atoms with Crippen LogP contribution in [0.2, 0.25) is 5.02 Å². The number of anilines is 1. The molecule has 4 rings (SSSR count). The van der Waals surface area contributed by atoms with E-state index >= 15 is 0 Å². The number of hydrogen-bond donors (Lipinski definition) is 1. The maximum Gasteiger partial charge on any atom is 0.251 e. The van der Waals surface area contributed by atoms with E-state index in [2.05, 4.69) is 26.0 Å². The molecule has 0 aromatic heterocycles. The number of carbonyl (C=O) groups excluding carboxylic acids is 1. The van der Waals surface area contributed by atoms with Gasteiger partial charge in [0.15, 0.2) is 0 Å². The molecule has 0 spiro atoms. The van der Waals surface area contributed by atoms with Gasteiger partial charge >= 0.3 is 0 Å². The average Bonchev–Trinajstić information content (AvgIpc) is 2.82. The topological polar surface area (TPSA) is 52.9 Å². The minimum absolute atomic E-state index is 0.0602. The Hall–Kier alpha value is -3.11. The molecule has 3 aromatic rings. The summed E-state index contributed by atoms with van der Waals surface area (Å²) in [5.41, 5.74) is 6.52. The lowest BCUT2D eigenvalue weighted by molar-refractivity contribution is -0.119. The summed E-state index contributed by atoms with van der Waals surface area (Å²) in [6.45, 7) is 4.12. The van der Waals surface area contributed by atoms with Crippen LogP contribution < -0.4 is 4.90 Å². The molecule has 152 valence electrons. The molecule has 1 aliphatic rings. The van der Waals surface area contributed by atoms with Crippen molar-refractivity contribution in [2.75, 3.05) is 11.9 Å². The predicted octanol–water partition coefficient (Wildman–Crippen LogP) is 5.09. The molecular weight excluding hydrogens is 396 g/mol. The van der Waals surface area contributed by atoms with Crippen molar-refractivity contribution < 1.29 is 9.90 Å². The average molecular weight is 419 g/mol. The molecule has 0 radical (unpaired) electrons. The highest BCUT2D eigenvalue weighted by atomic mass is 35.5. The van der Waals surface area contributed by atoms with Gasteiger partial charge in [-0.15, -0.1) is 0 Å². The second-order valence-electron chi connectivity index (χ2n) is 7.67. The third kappa shape index (κ3) is 3.71. The minimum atomic E-state index is -0.565. The van der Waals surface area contributed by atoms with Crippen molar-refractivity contribution in [2.45, 2.75) is 26.3 Å². The fourth-order valence-electron chi connectivity index (χ4n) is 3.96. The first-order valence-corrected chi connectivity index (χ1v) is 10.2. The molecule has 0 saturated heterocycles. The van der Waals surface area contributed by atoms with Gasteiger partial charge in [-0.3, -0.25) is 9.79 Å². The molecule has 1 amide bonds. The van der Waals surface area contributed by atoms with Crippen molar-refractivity contribution in [2.24, 2.45) is 4.99 Å². The van der Waals surface area contributed by atoms with Gasteiger partial charge in [0.25, 0.3) is 5.91 Å². The number of benzene rings is 3. The van der Waals surface area contributed by atoms with Gasteiger partial charge < -0.3 is 10.0 Å². The second-order valence-corrected chi connectivity index (χ2v) is 8.11. The highest BCUT2D eigenvalue weighted by Gasteiger charge is 2.30. The van der Waals surface area contributed by atoms with Gasteiger partial charge in [0, 0.05) is 29.6 Å². The summed E-state index contributed by atoms with van der Waals surface area (Å²) in [7, 11) is 1.78. The second kappa shape index (κ2) is 7.96. The van der Waals surface area contributed by atoms with Crippen LogP contribution in [0, 0.1) is 13.8 Å². The van der Waals surface area contributed by atoms with E-state index in [9.17, 15) is 9.90 Å². The first-order chi connectivity index (χ1) is 14.3. The molecule has 1 N–H and O–H groups in total. The first-order valence-electron chi connectivity index (χ1n) is 9.85. The number of carbonyl (C=O) groups is 1. The number of benzodiazepines with no additional fused rings is 1. The van der Waals surface area contributed by atoms with Crippen molar-refractivity contribution >= 4 is 28.9 Å². The van der Waals surface area contributed by atoms with Crippen molar-refractivity contribution in [3.63, 3.8) is 0 Å². The molecule has 0 bridgehead atoms. The molecule has 5 heteroatoms. The summed E-state index contributed by atoms with van der Waals surface area (Å²) >= 11 is 6.30. The van der Waals surface area contributed by atoms with E-state index < -0.39 is 6.04 Å². The fraction of sp³-hybridized carbons (Fsp3) is 0.200. The van der Waals surface area contributed by atoms with Gasteiger partial charge in [0.2, 0.25) is 0 Å². The predicted molar refractivity (Wildman–Crippen MR) is 122 cm³/mol. The van der Waals surface area contributed by atoms with Gasteiger partial charge in [-0.25, -0.2) is 0 Å². The van der Waals surface area contributed by atoms with E-state index in [0.717, 1.165) is 33.5 Å². The lowest BCUT2D eigenvalue weighted by atomic mass is 9.96. The maximum atomic E-state index is 13.4. The zero-order chi connectivity index (χ0) is 21.4. The molecule has 0 unspecified atom stereocenters. The van der Waals surface area contributed by atoms with Gasteiger partial charge in [0.1, 0.15) is 11.8 Å². The van der Waals surface area contributed by atoms with Crippen molar-refractivity contribution in [3.05, 3.63) is 93.5 Å². The van der Waals surface area contributed by atoms with Crippen LogP contribution >= 0.6 is 11.6 Å².